The number of hydrogen-bond donors (Lipinski definition) is 1. The van der Waals surface area contributed by atoms with Crippen LogP contribution in [0.3, 0.4) is 0 Å². The highest BCUT2D eigenvalue weighted by atomic mass is 32.2. The van der Waals surface area contributed by atoms with Gasteiger partial charge in [0, 0.05) is 18.3 Å². The fourth-order valence-corrected chi connectivity index (χ4v) is 3.15. The Balaban J connectivity index is 2.20. The average molecular weight is 276 g/mol. The summed E-state index contributed by atoms with van der Waals surface area (Å²) in [5.74, 6) is 0.296. The monoisotopic (exact) mass is 276 g/mol. The Kier molecular flexibility index (Phi) is 6.60. The van der Waals surface area contributed by atoms with Crippen LogP contribution in [0.15, 0.2) is 0 Å². The summed E-state index contributed by atoms with van der Waals surface area (Å²) in [6, 6.07) is 1.20. The van der Waals surface area contributed by atoms with Crippen molar-refractivity contribution in [2.24, 2.45) is 0 Å². The summed E-state index contributed by atoms with van der Waals surface area (Å²) in [4.78, 5) is 2.53. The van der Waals surface area contributed by atoms with E-state index in [9.17, 15) is 8.42 Å². The number of nitrogens with zero attached hydrogens (tertiary/aromatic N) is 1. The zero-order valence-electron chi connectivity index (χ0n) is 12.0. The lowest BCUT2D eigenvalue weighted by atomic mass is 10.1. The molecule has 5 heteroatoms. The molecule has 1 rings (SSSR count). The van der Waals surface area contributed by atoms with Gasteiger partial charge in [0.15, 0.2) is 0 Å². The van der Waals surface area contributed by atoms with Crippen molar-refractivity contribution in [1.29, 1.82) is 0 Å². The number of sulfone groups is 1. The van der Waals surface area contributed by atoms with E-state index in [0.29, 0.717) is 17.8 Å². The van der Waals surface area contributed by atoms with Crippen LogP contribution in [0.1, 0.15) is 39.5 Å². The molecule has 1 unspecified atom stereocenters. The second kappa shape index (κ2) is 7.46. The standard InChI is InChI=1S/C13H28N2O2S/c1-12(2)15-9-4-6-13(7-10-15)14-8-5-11-18(3,16)17/h12-14H,4-11H2,1-3H3. The topological polar surface area (TPSA) is 49.4 Å². The molecule has 0 bridgehead atoms. The van der Waals surface area contributed by atoms with Crippen molar-refractivity contribution in [2.45, 2.75) is 51.6 Å². The van der Waals surface area contributed by atoms with Gasteiger partial charge in [0.2, 0.25) is 0 Å². The zero-order chi connectivity index (χ0) is 13.6. The van der Waals surface area contributed by atoms with Crippen molar-refractivity contribution >= 4 is 9.84 Å². The van der Waals surface area contributed by atoms with Gasteiger partial charge in [-0.25, -0.2) is 8.42 Å². The highest BCUT2D eigenvalue weighted by molar-refractivity contribution is 7.90. The molecule has 0 aliphatic carbocycles. The molecule has 0 radical (unpaired) electrons. The summed E-state index contributed by atoms with van der Waals surface area (Å²) < 4.78 is 22.0. The van der Waals surface area contributed by atoms with E-state index in [2.05, 4.69) is 24.1 Å². The van der Waals surface area contributed by atoms with E-state index in [1.807, 2.05) is 0 Å². The second-order valence-electron chi connectivity index (χ2n) is 5.70. The minimum atomic E-state index is -2.80. The minimum Gasteiger partial charge on any atom is -0.314 e. The SMILES string of the molecule is CC(C)N1CCCC(NCCCS(C)(=O)=O)CC1. The molecule has 18 heavy (non-hydrogen) atoms. The van der Waals surface area contributed by atoms with Crippen LogP contribution in [0.25, 0.3) is 0 Å². The normalized spacial score (nSPS) is 23.2. The van der Waals surface area contributed by atoms with Crippen LogP contribution in [0.5, 0.6) is 0 Å². The molecule has 1 heterocycles. The molecule has 1 saturated heterocycles. The van der Waals surface area contributed by atoms with Crippen molar-refractivity contribution in [3.63, 3.8) is 0 Å². The quantitative estimate of drug-likeness (QED) is 0.742. The molecule has 0 aromatic heterocycles. The summed E-state index contributed by atoms with van der Waals surface area (Å²) in [5.41, 5.74) is 0. The van der Waals surface area contributed by atoms with Gasteiger partial charge in [-0.15, -0.1) is 0 Å². The molecule has 1 atom stereocenters. The lowest BCUT2D eigenvalue weighted by Gasteiger charge is -2.24. The van der Waals surface area contributed by atoms with Crippen LogP contribution in [-0.2, 0) is 9.84 Å². The molecule has 0 spiro atoms. The molecular weight excluding hydrogens is 248 g/mol. The third-order valence-electron chi connectivity index (χ3n) is 3.62. The fraction of sp³-hybridized carbons (Fsp3) is 1.00. The zero-order valence-corrected chi connectivity index (χ0v) is 12.8. The van der Waals surface area contributed by atoms with Gasteiger partial charge in [-0.2, -0.15) is 0 Å². The first-order chi connectivity index (χ1) is 8.38. The van der Waals surface area contributed by atoms with Crippen molar-refractivity contribution in [1.82, 2.24) is 10.2 Å². The van der Waals surface area contributed by atoms with Crippen LogP contribution < -0.4 is 5.32 Å². The largest absolute Gasteiger partial charge is 0.314 e. The van der Waals surface area contributed by atoms with Gasteiger partial charge in [-0.3, -0.25) is 0 Å². The van der Waals surface area contributed by atoms with E-state index in [1.165, 1.54) is 32.1 Å². The first-order valence-electron chi connectivity index (χ1n) is 7.03. The summed E-state index contributed by atoms with van der Waals surface area (Å²) >= 11 is 0. The van der Waals surface area contributed by atoms with Gasteiger partial charge in [-0.05, 0) is 59.2 Å². The van der Waals surface area contributed by atoms with Crippen molar-refractivity contribution < 1.29 is 8.42 Å². The molecule has 0 aromatic rings. The Bertz CT molecular complexity index is 328. The predicted molar refractivity (Wildman–Crippen MR) is 76.7 cm³/mol. The predicted octanol–water partition coefficient (Wildman–Crippen LogP) is 1.27. The van der Waals surface area contributed by atoms with Crippen molar-refractivity contribution in [3.8, 4) is 0 Å². The van der Waals surface area contributed by atoms with E-state index in [1.54, 1.807) is 0 Å². The minimum absolute atomic E-state index is 0.296. The van der Waals surface area contributed by atoms with Gasteiger partial charge in [0.1, 0.15) is 9.84 Å². The summed E-state index contributed by atoms with van der Waals surface area (Å²) in [6.45, 7) is 7.67. The first-order valence-corrected chi connectivity index (χ1v) is 9.09. The lowest BCUT2D eigenvalue weighted by molar-refractivity contribution is 0.229. The number of hydrogen-bond acceptors (Lipinski definition) is 4. The van der Waals surface area contributed by atoms with Gasteiger partial charge in [0.05, 0.1) is 5.75 Å². The van der Waals surface area contributed by atoms with Gasteiger partial charge < -0.3 is 10.2 Å². The van der Waals surface area contributed by atoms with Crippen molar-refractivity contribution in [2.75, 3.05) is 31.6 Å². The van der Waals surface area contributed by atoms with E-state index in [0.717, 1.165) is 19.5 Å². The van der Waals surface area contributed by atoms with E-state index in [4.69, 9.17) is 0 Å². The molecule has 0 aromatic carbocycles. The second-order valence-corrected chi connectivity index (χ2v) is 7.95. The third-order valence-corrected chi connectivity index (χ3v) is 4.65. The van der Waals surface area contributed by atoms with Crippen LogP contribution >= 0.6 is 0 Å². The average Bonchev–Trinajstić information content (AvgIpc) is 2.48. The maximum absolute atomic E-state index is 11.0. The molecule has 4 nitrogen and oxygen atoms in total. The summed E-state index contributed by atoms with van der Waals surface area (Å²) in [5, 5.41) is 3.50. The van der Waals surface area contributed by atoms with Gasteiger partial charge in [0.25, 0.3) is 0 Å². The lowest BCUT2D eigenvalue weighted by Crippen LogP contribution is -2.34. The molecule has 1 N–H and O–H groups in total. The third kappa shape index (κ3) is 6.71. The fourth-order valence-electron chi connectivity index (χ4n) is 2.48. The molecular formula is C13H28N2O2S. The smallest absolute Gasteiger partial charge is 0.147 e. The molecule has 1 aliphatic heterocycles. The first kappa shape index (κ1) is 15.9. The Morgan fingerprint density at radius 1 is 1.28 bits per heavy atom. The van der Waals surface area contributed by atoms with Gasteiger partial charge in [-0.1, -0.05) is 0 Å². The molecule has 108 valence electrons. The van der Waals surface area contributed by atoms with Crippen LogP contribution in [0, 0.1) is 0 Å². The highest BCUT2D eigenvalue weighted by Crippen LogP contribution is 2.13. The molecule has 0 saturated carbocycles. The maximum atomic E-state index is 11.0. The molecule has 0 amide bonds. The number of rotatable bonds is 6. The van der Waals surface area contributed by atoms with E-state index >= 15 is 0 Å². The summed E-state index contributed by atoms with van der Waals surface area (Å²) in [7, 11) is -2.80. The Morgan fingerprint density at radius 2 is 2.00 bits per heavy atom. The van der Waals surface area contributed by atoms with Gasteiger partial charge >= 0.3 is 0 Å². The van der Waals surface area contributed by atoms with Crippen LogP contribution in [0.2, 0.25) is 0 Å². The van der Waals surface area contributed by atoms with E-state index < -0.39 is 9.84 Å². The van der Waals surface area contributed by atoms with Crippen LogP contribution in [0.4, 0.5) is 0 Å². The Morgan fingerprint density at radius 3 is 2.61 bits per heavy atom. The summed E-state index contributed by atoms with van der Waals surface area (Å²) in [6.07, 6.45) is 5.66. The number of likely N-dealkylation sites (tertiary alicyclic amines) is 1. The highest BCUT2D eigenvalue weighted by Gasteiger charge is 2.17. The maximum Gasteiger partial charge on any atom is 0.147 e. The molecule has 1 fully saturated rings. The van der Waals surface area contributed by atoms with E-state index in [-0.39, 0.29) is 0 Å². The molecule has 1 aliphatic rings. The van der Waals surface area contributed by atoms with Crippen molar-refractivity contribution in [3.05, 3.63) is 0 Å². The Hall–Kier alpha value is -0.130. The number of nitrogens with one attached hydrogen (secondary N) is 1. The Labute approximate surface area is 112 Å². The van der Waals surface area contributed by atoms with Crippen LogP contribution in [-0.4, -0.2) is 57.0 Å².